The molecule has 11 rings (SSSR count). The summed E-state index contributed by atoms with van der Waals surface area (Å²) >= 11 is 0.0139. The van der Waals surface area contributed by atoms with Gasteiger partial charge in [-0.3, -0.25) is 24.6 Å². The maximum absolute atomic E-state index is 10.1. The summed E-state index contributed by atoms with van der Waals surface area (Å²) in [5.74, 6) is 0. The van der Waals surface area contributed by atoms with Crippen LogP contribution in [0.4, 0.5) is 0 Å². The van der Waals surface area contributed by atoms with Crippen LogP contribution in [0.1, 0.15) is 220 Å². The Balaban J connectivity index is 0.000000310. The van der Waals surface area contributed by atoms with E-state index < -0.39 is 0 Å². The Hall–Kier alpha value is -2.07. The van der Waals surface area contributed by atoms with Gasteiger partial charge < -0.3 is 54.0 Å². The zero-order chi connectivity index (χ0) is 60.8. The number of hydrogen-bond donors (Lipinski definition) is 10. The molecule has 506 valence electrons. The molecule has 5 heterocycles. The molecule has 0 spiro atoms. The van der Waals surface area contributed by atoms with Crippen LogP contribution in [0.5, 0.6) is 0 Å². The predicted octanol–water partition coefficient (Wildman–Crippen LogP) is 10.9. The van der Waals surface area contributed by atoms with E-state index in [1.54, 1.807) is 18.2 Å². The Morgan fingerprint density at radius 1 is 0.427 bits per heavy atom. The molecule has 17 nitrogen and oxygen atoms in total. The summed E-state index contributed by atoms with van der Waals surface area (Å²) in [6, 6.07) is 23.1. The van der Waals surface area contributed by atoms with E-state index in [4.69, 9.17) is 71.8 Å². The van der Waals surface area contributed by atoms with E-state index in [0.717, 1.165) is 63.7 Å². The fourth-order valence-electron chi connectivity index (χ4n) is 13.4. The summed E-state index contributed by atoms with van der Waals surface area (Å²) in [5.41, 5.74) is 17.0. The molecule has 0 saturated heterocycles. The van der Waals surface area contributed by atoms with Crippen molar-refractivity contribution in [2.75, 3.05) is 39.3 Å². The van der Waals surface area contributed by atoms with Crippen LogP contribution in [0.15, 0.2) is 64.6 Å². The smallest absolute Gasteiger partial charge is 0.0545 e. The molecule has 0 radical (unpaired) electrons. The molecule has 8 aliphatic rings. The van der Waals surface area contributed by atoms with Crippen LogP contribution in [-0.2, 0) is 39.4 Å². The van der Waals surface area contributed by atoms with Crippen molar-refractivity contribution in [3.05, 3.63) is 88.8 Å². The Labute approximate surface area is 566 Å². The minimum atomic E-state index is 0. The van der Waals surface area contributed by atoms with Gasteiger partial charge in [-0.1, -0.05) is 118 Å². The third kappa shape index (κ3) is 31.4. The first kappa shape index (κ1) is 81.2. The molecule has 5 unspecified atom stereocenters. The first-order valence-corrected chi connectivity index (χ1v) is 38.7. The number of fused-ring (bicyclic) bond motifs is 8. The van der Waals surface area contributed by atoms with Crippen molar-refractivity contribution in [2.24, 2.45) is 21.5 Å². The molecule has 0 aromatic carbocycles. The van der Waals surface area contributed by atoms with E-state index in [-0.39, 0.29) is 59.9 Å². The summed E-state index contributed by atoms with van der Waals surface area (Å²) in [5, 5.41) is 29.9. The molecule has 23 heteroatoms. The number of carbonyl (C=O) groups excluding carboxylic acids is 2. The van der Waals surface area contributed by atoms with E-state index in [1.807, 2.05) is 24.6 Å². The van der Waals surface area contributed by atoms with Gasteiger partial charge in [-0.15, -0.1) is 0 Å². The van der Waals surface area contributed by atoms with Crippen LogP contribution >= 0.6 is 40.4 Å². The molecule has 2 aliphatic heterocycles. The van der Waals surface area contributed by atoms with Crippen LogP contribution in [0.3, 0.4) is 0 Å². The number of aliphatic imine (C=N–C) groups is 2. The number of aromatic nitrogens is 3. The van der Waals surface area contributed by atoms with Crippen LogP contribution < -0.4 is 54.0 Å². The second kappa shape index (κ2) is 49.5. The van der Waals surface area contributed by atoms with Crippen LogP contribution in [0.25, 0.3) is 0 Å². The third-order valence-electron chi connectivity index (χ3n) is 18.0. The number of carbonyl (C=O) groups is 2. The van der Waals surface area contributed by atoms with Gasteiger partial charge in [0.1, 0.15) is 11.4 Å². The molecule has 6 fully saturated rings. The number of nitrogens with one attached hydrogen (secondary N) is 8. The monoisotopic (exact) mass is 1400 g/mol. The molecule has 12 atom stereocenters. The van der Waals surface area contributed by atoms with Crippen molar-refractivity contribution in [3.8, 4) is 0 Å². The van der Waals surface area contributed by atoms with Crippen molar-refractivity contribution >= 4 is 65.4 Å². The summed E-state index contributed by atoms with van der Waals surface area (Å²) in [4.78, 5) is 43.3. The average Bonchev–Trinajstić information content (AvgIpc) is 3.93. The van der Waals surface area contributed by atoms with Crippen LogP contribution in [-0.4, -0.2) is 152 Å². The number of nitrogens with zero attached hydrogens (tertiary/aromatic N) is 5. The number of halogens is 4. The number of hydrogen-bond acceptors (Lipinski definition) is 17. The van der Waals surface area contributed by atoms with E-state index in [2.05, 4.69) is 71.8 Å². The number of pyridine rings is 3. The summed E-state index contributed by atoms with van der Waals surface area (Å²) in [6.07, 6.45) is 35.7. The fraction of sp³-hybridized carbons (Fsp3) is 0.712. The third-order valence-corrected chi connectivity index (χ3v) is 18.0. The van der Waals surface area contributed by atoms with Crippen molar-refractivity contribution in [1.29, 1.82) is 0 Å². The Kier molecular flexibility index (Phi) is 45.1. The summed E-state index contributed by atoms with van der Waals surface area (Å²) < 4.78 is 0. The van der Waals surface area contributed by atoms with Gasteiger partial charge in [0.25, 0.3) is 0 Å². The van der Waals surface area contributed by atoms with E-state index in [0.29, 0.717) is 85.1 Å². The zero-order valence-corrected chi connectivity index (χ0v) is 55.9. The van der Waals surface area contributed by atoms with Gasteiger partial charge in [-0.05, 0) is 113 Å². The van der Waals surface area contributed by atoms with E-state index in [1.165, 1.54) is 165 Å². The summed E-state index contributed by atoms with van der Waals surface area (Å²) in [7, 11) is 19.2. The SMILES string of the molecule is C.C.C.C1=N[C@@H]2CCCCC2NCCNC2CCCC[C@H]2N=Cc2cccc1n2.N[C@@H]1CCCCC1NCCN[C@@H]1CCCC[C@H]1N.O=Cc1cccc(C=O)n1.[Cl][Mn][Cl].[Cl][Mn][Cl].c1cc2nc(c1)CN[C@@H]1CCCCC1NCCNC1CCCC[C@H]1NC2. The molecule has 3 aromatic heterocycles. The van der Waals surface area contributed by atoms with Crippen molar-refractivity contribution in [1.82, 2.24) is 57.5 Å². The fourth-order valence-corrected chi connectivity index (χ4v) is 13.4. The van der Waals surface area contributed by atoms with E-state index >= 15 is 0 Å². The normalized spacial score (nSPS) is 28.5. The van der Waals surface area contributed by atoms with Gasteiger partial charge in [-0.2, -0.15) is 0 Å². The second-order valence-corrected chi connectivity index (χ2v) is 27.9. The predicted molar refractivity (Wildman–Crippen MR) is 369 cm³/mol. The molecular formula is C66H113Cl4Mn2N15O2. The molecule has 3 aromatic rings. The van der Waals surface area contributed by atoms with Crippen molar-refractivity contribution in [2.45, 2.75) is 262 Å². The topological polar surface area (TPSA) is 246 Å². The van der Waals surface area contributed by atoms with Gasteiger partial charge in [-0.25, -0.2) is 9.97 Å². The van der Waals surface area contributed by atoms with Gasteiger partial charge in [0.2, 0.25) is 0 Å². The van der Waals surface area contributed by atoms with Gasteiger partial charge in [0.05, 0.1) is 34.9 Å². The summed E-state index contributed by atoms with van der Waals surface area (Å²) in [6.45, 7) is 7.94. The number of rotatable bonds is 7. The number of nitrogens with two attached hydrogens (primary N) is 2. The largest absolute Gasteiger partial charge is 0.311 e. The minimum Gasteiger partial charge on any atom is -0.311 e. The van der Waals surface area contributed by atoms with Gasteiger partial charge in [0.15, 0.2) is 12.6 Å². The van der Waals surface area contributed by atoms with Gasteiger partial charge in [0, 0.05) is 125 Å². The van der Waals surface area contributed by atoms with Gasteiger partial charge >= 0.3 is 66.7 Å². The van der Waals surface area contributed by atoms with Crippen molar-refractivity contribution in [3.63, 3.8) is 0 Å². The molecular weight excluding hydrogens is 1290 g/mol. The second-order valence-electron chi connectivity index (χ2n) is 24.0. The quantitative estimate of drug-likeness (QED) is 0.0601. The Morgan fingerprint density at radius 2 is 0.753 bits per heavy atom. The molecule has 6 aliphatic carbocycles. The van der Waals surface area contributed by atoms with E-state index in [9.17, 15) is 9.59 Å². The average molecular weight is 1400 g/mol. The zero-order valence-electron chi connectivity index (χ0n) is 50.5. The maximum atomic E-state index is 10.1. The first-order chi connectivity index (χ1) is 42.2. The Morgan fingerprint density at radius 3 is 1.15 bits per heavy atom. The van der Waals surface area contributed by atoms with Crippen molar-refractivity contribution < 1.29 is 35.9 Å². The molecule has 6 saturated carbocycles. The standard InChI is InChI=1S/C21H35N5.C21H31N5.C14H30N4.C7H5NO2.3CH4.4ClH.2Mn/c2*1-3-10-20-18(8-1)22-12-13-23-19-9-2-4-11-21(19)25-15-17-7-5-6-16(26-17)14-24-20;15-11-5-1-3-7-13(11)17-9-10-18-14-8-4-2-6-12(14)16;9-4-6-2-1-3-7(5-10)8-6;;;;;;;;;/h5-7,18-25H,1-4,8-15H2;5-7,14-15,18-23H,1-4,8-13H2;11-14,17-18H,1-10,15-16H2;1-5H;3*1H4;4*1H;;/q;;;;;;;;;;;2*+2/p-4/t2*18?,19?,20-,21-;11-,12-,13-,14?;;;;;;;;;;/m111........../s1. The molecule has 4 bridgehead atoms. The minimum absolute atomic E-state index is 0. The first-order valence-electron chi connectivity index (χ1n) is 32.2. The van der Waals surface area contributed by atoms with Crippen LogP contribution in [0.2, 0.25) is 0 Å². The molecule has 89 heavy (non-hydrogen) atoms. The van der Waals surface area contributed by atoms with Crippen LogP contribution in [0, 0.1) is 0 Å². The molecule has 12 N–H and O–H groups in total. The molecule has 0 amide bonds. The Bertz CT molecular complexity index is 2230. The maximum Gasteiger partial charge on any atom is 0.0545 e. The number of aldehydes is 2.